The summed E-state index contributed by atoms with van der Waals surface area (Å²) < 4.78 is 22.5. The maximum atomic E-state index is 11.9. The van der Waals surface area contributed by atoms with Gasteiger partial charge in [-0.3, -0.25) is 4.79 Å². The van der Waals surface area contributed by atoms with Crippen LogP contribution < -0.4 is 0 Å². The van der Waals surface area contributed by atoms with Gasteiger partial charge in [0.25, 0.3) is 0 Å². The third kappa shape index (κ3) is 3.45. The van der Waals surface area contributed by atoms with Gasteiger partial charge < -0.3 is 0 Å². The molecule has 0 spiro atoms. The highest BCUT2D eigenvalue weighted by atomic mass is 32.2. The van der Waals surface area contributed by atoms with Gasteiger partial charge in [0.2, 0.25) is 0 Å². The Morgan fingerprint density at radius 3 is 2.60 bits per heavy atom. The lowest BCUT2D eigenvalue weighted by Crippen LogP contribution is -2.27. The van der Waals surface area contributed by atoms with E-state index < -0.39 is 15.1 Å². The molecule has 1 aliphatic carbocycles. The molecule has 1 unspecified atom stereocenters. The molecule has 0 aromatic heterocycles. The summed E-state index contributed by atoms with van der Waals surface area (Å²) in [5, 5.41) is -0.887. The Balaban J connectivity index is 2.79. The molecule has 0 aliphatic heterocycles. The molecule has 1 rings (SSSR count). The first-order chi connectivity index (χ1) is 6.93. The number of rotatable bonds is 3. The van der Waals surface area contributed by atoms with Gasteiger partial charge in [-0.25, -0.2) is 8.42 Å². The second kappa shape index (κ2) is 4.92. The first kappa shape index (κ1) is 12.4. The van der Waals surface area contributed by atoms with Crippen molar-refractivity contribution in [3.63, 3.8) is 0 Å². The quantitative estimate of drug-likeness (QED) is 0.743. The summed E-state index contributed by atoms with van der Waals surface area (Å²) >= 11 is 0. The number of ketones is 1. The van der Waals surface area contributed by atoms with Crippen molar-refractivity contribution >= 4 is 15.6 Å². The minimum absolute atomic E-state index is 0.209. The standard InChI is InChI=1S/C11H18O3S/c1-9(15(2,13)14)11(12)10-7-5-3-4-6-8-10/h7,9H,3-6,8H2,1-2H3. The minimum Gasteiger partial charge on any atom is -0.293 e. The number of sulfone groups is 1. The van der Waals surface area contributed by atoms with E-state index >= 15 is 0 Å². The number of hydrogen-bond acceptors (Lipinski definition) is 3. The molecule has 1 atom stereocenters. The zero-order valence-corrected chi connectivity index (χ0v) is 10.1. The van der Waals surface area contributed by atoms with Gasteiger partial charge >= 0.3 is 0 Å². The van der Waals surface area contributed by atoms with Crippen LogP contribution in [0.25, 0.3) is 0 Å². The van der Waals surface area contributed by atoms with Crippen LogP contribution in [0.5, 0.6) is 0 Å². The lowest BCUT2D eigenvalue weighted by atomic mass is 10.0. The van der Waals surface area contributed by atoms with Crippen LogP contribution in [0.3, 0.4) is 0 Å². The smallest absolute Gasteiger partial charge is 0.176 e. The molecule has 0 heterocycles. The van der Waals surface area contributed by atoms with Crippen LogP contribution in [0.1, 0.15) is 39.0 Å². The van der Waals surface area contributed by atoms with Crippen LogP contribution in [0, 0.1) is 0 Å². The predicted molar refractivity (Wildman–Crippen MR) is 60.5 cm³/mol. The van der Waals surface area contributed by atoms with Crippen molar-refractivity contribution in [1.82, 2.24) is 0 Å². The van der Waals surface area contributed by atoms with Crippen molar-refractivity contribution in [1.29, 1.82) is 0 Å². The zero-order chi connectivity index (χ0) is 11.5. The first-order valence-electron chi connectivity index (χ1n) is 5.35. The zero-order valence-electron chi connectivity index (χ0n) is 9.32. The van der Waals surface area contributed by atoms with Crippen molar-refractivity contribution in [3.05, 3.63) is 11.6 Å². The minimum atomic E-state index is -3.25. The molecule has 15 heavy (non-hydrogen) atoms. The fourth-order valence-corrected chi connectivity index (χ4v) is 2.23. The van der Waals surface area contributed by atoms with Crippen molar-refractivity contribution in [2.24, 2.45) is 0 Å². The Hall–Kier alpha value is -0.640. The first-order valence-corrected chi connectivity index (χ1v) is 7.30. The van der Waals surface area contributed by atoms with Crippen LogP contribution in [0.4, 0.5) is 0 Å². The number of hydrogen-bond donors (Lipinski definition) is 0. The van der Waals surface area contributed by atoms with Crippen molar-refractivity contribution < 1.29 is 13.2 Å². The van der Waals surface area contributed by atoms with Crippen LogP contribution in [0.15, 0.2) is 11.6 Å². The van der Waals surface area contributed by atoms with E-state index in [0.29, 0.717) is 5.57 Å². The lowest BCUT2D eigenvalue weighted by molar-refractivity contribution is -0.115. The molecule has 0 radical (unpaired) electrons. The van der Waals surface area contributed by atoms with E-state index in [9.17, 15) is 13.2 Å². The monoisotopic (exact) mass is 230 g/mol. The highest BCUT2D eigenvalue weighted by molar-refractivity contribution is 7.92. The summed E-state index contributed by atoms with van der Waals surface area (Å²) in [5.74, 6) is -0.209. The van der Waals surface area contributed by atoms with Crippen molar-refractivity contribution in [2.45, 2.75) is 44.3 Å². The number of Topliss-reactive ketones (excluding diaryl/α,β-unsaturated/α-hetero) is 1. The average Bonchev–Trinajstić information content (AvgIpc) is 2.42. The van der Waals surface area contributed by atoms with Gasteiger partial charge in [0.15, 0.2) is 15.6 Å². The van der Waals surface area contributed by atoms with Crippen molar-refractivity contribution in [3.8, 4) is 0 Å². The fraction of sp³-hybridized carbons (Fsp3) is 0.727. The second-order valence-corrected chi connectivity index (χ2v) is 6.53. The molecular formula is C11H18O3S. The summed E-state index contributed by atoms with van der Waals surface area (Å²) in [5.41, 5.74) is 0.713. The SMILES string of the molecule is CC(C(=O)C1=CCCCCC1)S(C)(=O)=O. The molecule has 3 nitrogen and oxygen atoms in total. The molecular weight excluding hydrogens is 212 g/mol. The molecule has 1 aliphatic rings. The van der Waals surface area contributed by atoms with Crippen LogP contribution in [-0.4, -0.2) is 25.7 Å². The highest BCUT2D eigenvalue weighted by Crippen LogP contribution is 2.20. The van der Waals surface area contributed by atoms with E-state index in [4.69, 9.17) is 0 Å². The topological polar surface area (TPSA) is 51.2 Å². The third-order valence-corrected chi connectivity index (χ3v) is 4.37. The Labute approximate surface area is 91.5 Å². The summed E-state index contributed by atoms with van der Waals surface area (Å²) in [4.78, 5) is 11.9. The van der Waals surface area contributed by atoms with Gasteiger partial charge in [-0.2, -0.15) is 0 Å². The van der Waals surface area contributed by atoms with Crippen LogP contribution in [-0.2, 0) is 14.6 Å². The maximum Gasteiger partial charge on any atom is 0.176 e. The molecule has 0 bridgehead atoms. The van der Waals surface area contributed by atoms with Gasteiger partial charge in [0.05, 0.1) is 0 Å². The molecule has 0 aromatic rings. The van der Waals surface area contributed by atoms with Crippen molar-refractivity contribution in [2.75, 3.05) is 6.26 Å². The highest BCUT2D eigenvalue weighted by Gasteiger charge is 2.26. The van der Waals surface area contributed by atoms with E-state index in [1.165, 1.54) is 6.92 Å². The summed E-state index contributed by atoms with van der Waals surface area (Å²) in [6, 6.07) is 0. The Kier molecular flexibility index (Phi) is 4.08. The average molecular weight is 230 g/mol. The Morgan fingerprint density at radius 1 is 1.33 bits per heavy atom. The van der Waals surface area contributed by atoms with Crippen LogP contribution in [0.2, 0.25) is 0 Å². The number of allylic oxidation sites excluding steroid dienone is 2. The molecule has 4 heteroatoms. The molecule has 0 amide bonds. The predicted octanol–water partition coefficient (Wildman–Crippen LogP) is 1.88. The van der Waals surface area contributed by atoms with Gasteiger partial charge in [0.1, 0.15) is 5.25 Å². The van der Waals surface area contributed by atoms with Gasteiger partial charge in [0, 0.05) is 6.26 Å². The van der Waals surface area contributed by atoms with Gasteiger partial charge in [-0.1, -0.05) is 12.5 Å². The maximum absolute atomic E-state index is 11.9. The molecule has 0 N–H and O–H groups in total. The van der Waals surface area contributed by atoms with E-state index in [2.05, 4.69) is 0 Å². The summed E-state index contributed by atoms with van der Waals surface area (Å²) in [7, 11) is -3.25. The summed E-state index contributed by atoms with van der Waals surface area (Å²) in [6.45, 7) is 1.48. The third-order valence-electron chi connectivity index (χ3n) is 2.87. The largest absolute Gasteiger partial charge is 0.293 e. The second-order valence-electron chi connectivity index (χ2n) is 4.16. The Bertz CT molecular complexity index is 365. The molecule has 0 saturated carbocycles. The van der Waals surface area contributed by atoms with E-state index in [0.717, 1.165) is 38.4 Å². The molecule has 86 valence electrons. The van der Waals surface area contributed by atoms with Crippen LogP contribution >= 0.6 is 0 Å². The number of carbonyl (C=O) groups is 1. The lowest BCUT2D eigenvalue weighted by Gasteiger charge is -2.10. The Morgan fingerprint density at radius 2 is 2.00 bits per heavy atom. The molecule has 0 aromatic carbocycles. The van der Waals surface area contributed by atoms with Gasteiger partial charge in [-0.05, 0) is 38.2 Å². The van der Waals surface area contributed by atoms with E-state index in [-0.39, 0.29) is 5.78 Å². The van der Waals surface area contributed by atoms with E-state index in [1.54, 1.807) is 0 Å². The number of carbonyl (C=O) groups excluding carboxylic acids is 1. The molecule has 0 saturated heterocycles. The normalized spacial score (nSPS) is 20.3. The fourth-order valence-electron chi connectivity index (χ4n) is 1.69. The summed E-state index contributed by atoms with van der Waals surface area (Å²) in [6.07, 6.45) is 7.89. The molecule has 0 fully saturated rings. The van der Waals surface area contributed by atoms with Gasteiger partial charge in [-0.15, -0.1) is 0 Å². The van der Waals surface area contributed by atoms with E-state index in [1.807, 2.05) is 6.08 Å².